The zero-order valence-corrected chi connectivity index (χ0v) is 13.8. The van der Waals surface area contributed by atoms with Crippen LogP contribution in [0.4, 0.5) is 0 Å². The van der Waals surface area contributed by atoms with Crippen LogP contribution in [0.15, 0.2) is 18.2 Å². The smallest absolute Gasteiger partial charge is 0.326 e. The molecule has 1 rings (SSSR count). The van der Waals surface area contributed by atoms with Crippen molar-refractivity contribution in [1.82, 2.24) is 5.32 Å². The molecular weight excluding hydrogens is 313 g/mol. The predicted molar refractivity (Wildman–Crippen MR) is 83.8 cm³/mol. The Hall–Kier alpha value is -1.26. The number of carboxylic acids is 1. The Morgan fingerprint density at radius 3 is 2.38 bits per heavy atom. The topological polar surface area (TPSA) is 66.4 Å². The summed E-state index contributed by atoms with van der Waals surface area (Å²) in [5, 5.41) is 12.8. The number of rotatable bonds is 5. The SMILES string of the molecule is CC(C)(C)[C@@H](NC(=O)CCc1ccc(Cl)cc1Cl)C(=O)O. The predicted octanol–water partition coefficient (Wildman–Crippen LogP) is 3.54. The van der Waals surface area contributed by atoms with Crippen LogP contribution in [0.1, 0.15) is 32.8 Å². The minimum atomic E-state index is -1.04. The molecule has 1 atom stereocenters. The molecule has 0 saturated carbocycles. The molecule has 0 heterocycles. The molecule has 0 fully saturated rings. The molecule has 1 amide bonds. The van der Waals surface area contributed by atoms with E-state index >= 15 is 0 Å². The van der Waals surface area contributed by atoms with Crippen molar-refractivity contribution < 1.29 is 14.7 Å². The van der Waals surface area contributed by atoms with Gasteiger partial charge in [0.2, 0.25) is 5.91 Å². The van der Waals surface area contributed by atoms with Crippen LogP contribution in [0.2, 0.25) is 10.0 Å². The average Bonchev–Trinajstić information content (AvgIpc) is 2.33. The molecule has 0 saturated heterocycles. The second-order valence-electron chi connectivity index (χ2n) is 5.94. The molecule has 116 valence electrons. The van der Waals surface area contributed by atoms with Crippen LogP contribution in [-0.2, 0) is 16.0 Å². The number of aryl methyl sites for hydroxylation is 1. The van der Waals surface area contributed by atoms with Crippen LogP contribution in [0, 0.1) is 5.41 Å². The lowest BCUT2D eigenvalue weighted by Gasteiger charge is -2.27. The van der Waals surface area contributed by atoms with Gasteiger partial charge in [0.1, 0.15) is 6.04 Å². The number of carboxylic acid groups (broad SMARTS) is 1. The van der Waals surface area contributed by atoms with Crippen LogP contribution < -0.4 is 5.32 Å². The summed E-state index contributed by atoms with van der Waals surface area (Å²) < 4.78 is 0. The third-order valence-corrected chi connectivity index (χ3v) is 3.64. The highest BCUT2D eigenvalue weighted by Gasteiger charge is 2.32. The molecule has 6 heteroatoms. The molecule has 0 spiro atoms. The number of carbonyl (C=O) groups is 2. The fourth-order valence-electron chi connectivity index (χ4n) is 1.85. The van der Waals surface area contributed by atoms with E-state index in [-0.39, 0.29) is 12.3 Å². The van der Waals surface area contributed by atoms with Crippen molar-refractivity contribution in [2.45, 2.75) is 39.7 Å². The maximum absolute atomic E-state index is 11.9. The summed E-state index contributed by atoms with van der Waals surface area (Å²) >= 11 is 11.8. The fourth-order valence-corrected chi connectivity index (χ4v) is 2.36. The maximum atomic E-state index is 11.9. The first kappa shape index (κ1) is 17.8. The van der Waals surface area contributed by atoms with Crippen molar-refractivity contribution in [1.29, 1.82) is 0 Å². The van der Waals surface area contributed by atoms with E-state index in [2.05, 4.69) is 5.32 Å². The molecule has 21 heavy (non-hydrogen) atoms. The van der Waals surface area contributed by atoms with Gasteiger partial charge in [-0.3, -0.25) is 4.79 Å². The number of carbonyl (C=O) groups excluding carboxylic acids is 1. The van der Waals surface area contributed by atoms with E-state index in [0.717, 1.165) is 5.56 Å². The molecule has 0 unspecified atom stereocenters. The van der Waals surface area contributed by atoms with E-state index in [1.807, 2.05) is 0 Å². The molecule has 0 bridgehead atoms. The van der Waals surface area contributed by atoms with Crippen LogP contribution in [-0.4, -0.2) is 23.0 Å². The van der Waals surface area contributed by atoms with Gasteiger partial charge in [0.05, 0.1) is 0 Å². The van der Waals surface area contributed by atoms with E-state index in [4.69, 9.17) is 28.3 Å². The largest absolute Gasteiger partial charge is 0.480 e. The Morgan fingerprint density at radius 2 is 1.90 bits per heavy atom. The van der Waals surface area contributed by atoms with Crippen molar-refractivity contribution in [2.24, 2.45) is 5.41 Å². The molecule has 4 nitrogen and oxygen atoms in total. The Bertz CT molecular complexity index is 538. The van der Waals surface area contributed by atoms with E-state index in [1.165, 1.54) is 0 Å². The highest BCUT2D eigenvalue weighted by atomic mass is 35.5. The Labute approximate surface area is 134 Å². The standard InChI is InChI=1S/C15H19Cl2NO3/c1-15(2,3)13(14(20)21)18-12(19)7-5-9-4-6-10(16)8-11(9)17/h4,6,8,13H,5,7H2,1-3H3,(H,18,19)(H,20,21)/t13-/m0/s1. The summed E-state index contributed by atoms with van der Waals surface area (Å²) in [5.74, 6) is -1.36. The minimum absolute atomic E-state index is 0.168. The molecular formula is C15H19Cl2NO3. The van der Waals surface area contributed by atoms with Gasteiger partial charge in [0.25, 0.3) is 0 Å². The third kappa shape index (κ3) is 5.56. The molecule has 2 N–H and O–H groups in total. The zero-order valence-electron chi connectivity index (χ0n) is 12.2. The number of aliphatic carboxylic acids is 1. The lowest BCUT2D eigenvalue weighted by molar-refractivity contribution is -0.144. The van der Waals surface area contributed by atoms with Crippen molar-refractivity contribution in [3.63, 3.8) is 0 Å². The van der Waals surface area contributed by atoms with Gasteiger partial charge in [-0.1, -0.05) is 50.0 Å². The number of amides is 1. The third-order valence-electron chi connectivity index (χ3n) is 3.05. The Balaban J connectivity index is 2.63. The Kier molecular flexibility index (Phi) is 6.05. The van der Waals surface area contributed by atoms with Crippen LogP contribution in [0.5, 0.6) is 0 Å². The quantitative estimate of drug-likeness (QED) is 0.867. The normalized spacial score (nSPS) is 12.8. The summed E-state index contributed by atoms with van der Waals surface area (Å²) in [5.41, 5.74) is 0.248. The van der Waals surface area contributed by atoms with Gasteiger partial charge in [0, 0.05) is 16.5 Å². The number of nitrogens with one attached hydrogen (secondary N) is 1. The second-order valence-corrected chi connectivity index (χ2v) is 6.78. The first-order chi connectivity index (χ1) is 9.61. The van der Waals surface area contributed by atoms with Crippen molar-refractivity contribution in [3.05, 3.63) is 33.8 Å². The van der Waals surface area contributed by atoms with Crippen molar-refractivity contribution in [2.75, 3.05) is 0 Å². The summed E-state index contributed by atoms with van der Waals surface area (Å²) in [4.78, 5) is 23.1. The van der Waals surface area contributed by atoms with Crippen molar-refractivity contribution >= 4 is 35.1 Å². The molecule has 1 aromatic rings. The summed E-state index contributed by atoms with van der Waals surface area (Å²) in [7, 11) is 0. The van der Waals surface area contributed by atoms with Gasteiger partial charge < -0.3 is 10.4 Å². The molecule has 0 radical (unpaired) electrons. The first-order valence-corrected chi connectivity index (χ1v) is 7.33. The van der Waals surface area contributed by atoms with Gasteiger partial charge in [-0.25, -0.2) is 4.79 Å². The maximum Gasteiger partial charge on any atom is 0.326 e. The first-order valence-electron chi connectivity index (χ1n) is 6.57. The second kappa shape index (κ2) is 7.14. The zero-order chi connectivity index (χ0) is 16.2. The van der Waals surface area contributed by atoms with Gasteiger partial charge in [-0.15, -0.1) is 0 Å². The van der Waals surface area contributed by atoms with Crippen LogP contribution in [0.3, 0.4) is 0 Å². The number of halogens is 2. The van der Waals surface area contributed by atoms with Gasteiger partial charge in [-0.05, 0) is 29.5 Å². The van der Waals surface area contributed by atoms with Crippen LogP contribution in [0.25, 0.3) is 0 Å². The van der Waals surface area contributed by atoms with Gasteiger partial charge >= 0.3 is 5.97 Å². The highest BCUT2D eigenvalue weighted by molar-refractivity contribution is 6.35. The molecule has 0 aliphatic carbocycles. The fraction of sp³-hybridized carbons (Fsp3) is 0.467. The number of hydrogen-bond donors (Lipinski definition) is 2. The summed E-state index contributed by atoms with van der Waals surface area (Å²) in [6.07, 6.45) is 0.597. The number of benzene rings is 1. The molecule has 0 aromatic heterocycles. The summed E-state index contributed by atoms with van der Waals surface area (Å²) in [6.45, 7) is 5.30. The molecule has 1 aromatic carbocycles. The van der Waals surface area contributed by atoms with Gasteiger partial charge in [-0.2, -0.15) is 0 Å². The van der Waals surface area contributed by atoms with E-state index < -0.39 is 17.4 Å². The van der Waals surface area contributed by atoms with E-state index in [9.17, 15) is 9.59 Å². The minimum Gasteiger partial charge on any atom is -0.480 e. The van der Waals surface area contributed by atoms with E-state index in [1.54, 1.807) is 39.0 Å². The van der Waals surface area contributed by atoms with Crippen LogP contribution >= 0.6 is 23.2 Å². The number of hydrogen-bond acceptors (Lipinski definition) is 2. The monoisotopic (exact) mass is 331 g/mol. The van der Waals surface area contributed by atoms with E-state index in [0.29, 0.717) is 16.5 Å². The Morgan fingerprint density at radius 1 is 1.29 bits per heavy atom. The molecule has 0 aliphatic rings. The molecule has 0 aliphatic heterocycles. The summed E-state index contributed by atoms with van der Waals surface area (Å²) in [6, 6.07) is 4.16. The van der Waals surface area contributed by atoms with Gasteiger partial charge in [0.15, 0.2) is 0 Å². The average molecular weight is 332 g/mol. The van der Waals surface area contributed by atoms with Crippen molar-refractivity contribution in [3.8, 4) is 0 Å². The lowest BCUT2D eigenvalue weighted by atomic mass is 9.86. The lowest BCUT2D eigenvalue weighted by Crippen LogP contribution is -2.49. The highest BCUT2D eigenvalue weighted by Crippen LogP contribution is 2.23.